The molecule has 96 valence electrons. The molecule has 0 aliphatic rings. The maximum absolute atomic E-state index is 13.8. The summed E-state index contributed by atoms with van der Waals surface area (Å²) >= 11 is 0. The van der Waals surface area contributed by atoms with Crippen LogP contribution in [0, 0.1) is 5.82 Å². The Balaban J connectivity index is 2.32. The molecular weight excluding hydrogens is 243 g/mol. The Morgan fingerprint density at radius 3 is 2.74 bits per heavy atom. The number of phenols is 1. The van der Waals surface area contributed by atoms with Gasteiger partial charge in [0.05, 0.1) is 5.52 Å². The smallest absolute Gasteiger partial charge is 0.151 e. The lowest BCUT2D eigenvalue weighted by atomic mass is 10.2. The van der Waals surface area contributed by atoms with Crippen LogP contribution in [0.4, 0.5) is 4.39 Å². The lowest BCUT2D eigenvalue weighted by molar-refractivity contribution is 0.475. The second-order valence-corrected chi connectivity index (χ2v) is 4.34. The first-order valence-electron chi connectivity index (χ1n) is 6.15. The summed E-state index contributed by atoms with van der Waals surface area (Å²) in [6.07, 6.45) is 0. The van der Waals surface area contributed by atoms with E-state index in [0.717, 1.165) is 11.1 Å². The molecule has 2 aromatic carbocycles. The highest BCUT2D eigenvalue weighted by molar-refractivity contribution is 5.81. The van der Waals surface area contributed by atoms with Crippen molar-refractivity contribution in [3.63, 3.8) is 0 Å². The molecule has 3 rings (SSSR count). The van der Waals surface area contributed by atoms with E-state index in [2.05, 4.69) is 4.98 Å². The molecule has 3 aromatic rings. The first-order valence-corrected chi connectivity index (χ1v) is 6.15. The van der Waals surface area contributed by atoms with Gasteiger partial charge in [0.25, 0.3) is 0 Å². The van der Waals surface area contributed by atoms with E-state index < -0.39 is 0 Å². The molecule has 1 N–H and O–H groups in total. The van der Waals surface area contributed by atoms with Crippen LogP contribution in [0.2, 0.25) is 0 Å². The molecule has 0 bridgehead atoms. The largest absolute Gasteiger partial charge is 0.508 e. The van der Waals surface area contributed by atoms with Gasteiger partial charge in [-0.3, -0.25) is 0 Å². The van der Waals surface area contributed by atoms with E-state index in [-0.39, 0.29) is 11.6 Å². The van der Waals surface area contributed by atoms with Crippen LogP contribution in [-0.4, -0.2) is 14.7 Å². The van der Waals surface area contributed by atoms with Gasteiger partial charge in [0.2, 0.25) is 0 Å². The van der Waals surface area contributed by atoms with Crippen LogP contribution in [0.5, 0.6) is 5.75 Å². The van der Waals surface area contributed by atoms with Gasteiger partial charge in [-0.1, -0.05) is 18.2 Å². The topological polar surface area (TPSA) is 38.0 Å². The van der Waals surface area contributed by atoms with E-state index in [0.29, 0.717) is 17.9 Å². The molecule has 0 aliphatic carbocycles. The van der Waals surface area contributed by atoms with Crippen LogP contribution in [0.1, 0.15) is 6.92 Å². The number of fused-ring (bicyclic) bond motifs is 1. The third-order valence-corrected chi connectivity index (χ3v) is 3.15. The summed E-state index contributed by atoms with van der Waals surface area (Å²) in [5, 5.41) is 9.56. The maximum atomic E-state index is 13.8. The number of para-hydroxylation sites is 1. The molecule has 19 heavy (non-hydrogen) atoms. The Kier molecular flexibility index (Phi) is 2.71. The van der Waals surface area contributed by atoms with Crippen LogP contribution in [0.15, 0.2) is 42.5 Å². The first kappa shape index (κ1) is 11.7. The second kappa shape index (κ2) is 4.39. The highest BCUT2D eigenvalue weighted by atomic mass is 19.1. The van der Waals surface area contributed by atoms with Crippen LogP contribution in [0.25, 0.3) is 22.4 Å². The van der Waals surface area contributed by atoms with Gasteiger partial charge in [-0.15, -0.1) is 0 Å². The van der Waals surface area contributed by atoms with Crippen LogP contribution in [0.3, 0.4) is 0 Å². The van der Waals surface area contributed by atoms with Crippen molar-refractivity contribution >= 4 is 11.0 Å². The number of aromatic nitrogens is 2. The Morgan fingerprint density at radius 2 is 2.00 bits per heavy atom. The molecule has 0 aliphatic heterocycles. The minimum absolute atomic E-state index is 0.174. The van der Waals surface area contributed by atoms with Crippen molar-refractivity contribution in [2.45, 2.75) is 13.5 Å². The average Bonchev–Trinajstić information content (AvgIpc) is 2.79. The van der Waals surface area contributed by atoms with Gasteiger partial charge in [-0.05, 0) is 31.2 Å². The van der Waals surface area contributed by atoms with Gasteiger partial charge in [-0.25, -0.2) is 9.37 Å². The van der Waals surface area contributed by atoms with Crippen molar-refractivity contribution in [2.75, 3.05) is 0 Å². The molecule has 0 radical (unpaired) electrons. The van der Waals surface area contributed by atoms with E-state index in [1.54, 1.807) is 24.3 Å². The standard InChI is InChI=1S/C15H13FN2O/c1-2-18-13-8-4-7-12(16)14(13)17-15(18)10-5-3-6-11(19)9-10/h3-9,19H,2H2,1H3. The molecule has 0 spiro atoms. The molecule has 0 fully saturated rings. The molecule has 4 heteroatoms. The fraction of sp³-hybridized carbons (Fsp3) is 0.133. The van der Waals surface area contributed by atoms with Gasteiger partial charge >= 0.3 is 0 Å². The number of aromatic hydroxyl groups is 1. The summed E-state index contributed by atoms with van der Waals surface area (Å²) in [4.78, 5) is 4.37. The number of halogens is 1. The maximum Gasteiger partial charge on any atom is 0.151 e. The monoisotopic (exact) mass is 256 g/mol. The van der Waals surface area contributed by atoms with Gasteiger partial charge in [0.1, 0.15) is 17.1 Å². The molecule has 1 aromatic heterocycles. The highest BCUT2D eigenvalue weighted by Crippen LogP contribution is 2.27. The average molecular weight is 256 g/mol. The highest BCUT2D eigenvalue weighted by Gasteiger charge is 2.14. The van der Waals surface area contributed by atoms with Gasteiger partial charge in [0, 0.05) is 12.1 Å². The summed E-state index contributed by atoms with van der Waals surface area (Å²) in [5.74, 6) is 0.511. The van der Waals surface area contributed by atoms with E-state index >= 15 is 0 Å². The predicted octanol–water partition coefficient (Wildman–Crippen LogP) is 3.57. The van der Waals surface area contributed by atoms with Crippen LogP contribution in [-0.2, 0) is 6.54 Å². The first-order chi connectivity index (χ1) is 9.20. The lowest BCUT2D eigenvalue weighted by Crippen LogP contribution is -1.97. The minimum atomic E-state index is -0.328. The van der Waals surface area contributed by atoms with E-state index in [9.17, 15) is 9.50 Å². The minimum Gasteiger partial charge on any atom is -0.508 e. The SMILES string of the molecule is CCn1c(-c2cccc(O)c2)nc2c(F)cccc21. The van der Waals surface area contributed by atoms with Crippen LogP contribution < -0.4 is 0 Å². The molecule has 0 amide bonds. The van der Waals surface area contributed by atoms with E-state index in [1.807, 2.05) is 23.6 Å². The third kappa shape index (κ3) is 1.85. The van der Waals surface area contributed by atoms with Crippen molar-refractivity contribution in [1.29, 1.82) is 0 Å². The number of nitrogens with zero attached hydrogens (tertiary/aromatic N) is 2. The zero-order valence-electron chi connectivity index (χ0n) is 10.5. The molecule has 0 atom stereocenters. The number of rotatable bonds is 2. The molecule has 0 unspecified atom stereocenters. The molecule has 0 saturated heterocycles. The zero-order chi connectivity index (χ0) is 13.4. The van der Waals surface area contributed by atoms with Crippen molar-refractivity contribution in [3.05, 3.63) is 48.3 Å². The number of aryl methyl sites for hydroxylation is 1. The van der Waals surface area contributed by atoms with Crippen LogP contribution >= 0.6 is 0 Å². The Hall–Kier alpha value is -2.36. The molecule has 3 nitrogen and oxygen atoms in total. The quantitative estimate of drug-likeness (QED) is 0.761. The van der Waals surface area contributed by atoms with Crippen molar-refractivity contribution in [1.82, 2.24) is 9.55 Å². The summed E-state index contributed by atoms with van der Waals surface area (Å²) in [6.45, 7) is 2.67. The Bertz CT molecular complexity index is 749. The van der Waals surface area contributed by atoms with E-state index in [4.69, 9.17) is 0 Å². The predicted molar refractivity (Wildman–Crippen MR) is 72.5 cm³/mol. The molecular formula is C15H13FN2O. The Morgan fingerprint density at radius 1 is 1.21 bits per heavy atom. The normalized spacial score (nSPS) is 11.1. The van der Waals surface area contributed by atoms with Crippen molar-refractivity contribution < 1.29 is 9.50 Å². The number of imidazole rings is 1. The number of hydrogen-bond acceptors (Lipinski definition) is 2. The summed E-state index contributed by atoms with van der Waals surface area (Å²) in [7, 11) is 0. The molecule has 1 heterocycles. The van der Waals surface area contributed by atoms with E-state index in [1.165, 1.54) is 6.07 Å². The molecule has 0 saturated carbocycles. The lowest BCUT2D eigenvalue weighted by Gasteiger charge is -2.06. The fourth-order valence-electron chi connectivity index (χ4n) is 2.30. The zero-order valence-corrected chi connectivity index (χ0v) is 10.5. The second-order valence-electron chi connectivity index (χ2n) is 4.34. The van der Waals surface area contributed by atoms with Gasteiger partial charge in [-0.2, -0.15) is 0 Å². The third-order valence-electron chi connectivity index (χ3n) is 3.15. The summed E-state index contributed by atoms with van der Waals surface area (Å²) in [6, 6.07) is 11.8. The summed E-state index contributed by atoms with van der Waals surface area (Å²) < 4.78 is 15.7. The van der Waals surface area contributed by atoms with Gasteiger partial charge < -0.3 is 9.67 Å². The fourth-order valence-corrected chi connectivity index (χ4v) is 2.30. The van der Waals surface area contributed by atoms with Gasteiger partial charge in [0.15, 0.2) is 5.82 Å². The Labute approximate surface area is 109 Å². The summed E-state index contributed by atoms with van der Waals surface area (Å²) in [5.41, 5.74) is 1.90. The van der Waals surface area contributed by atoms with Crippen molar-refractivity contribution in [2.24, 2.45) is 0 Å². The number of hydrogen-bond donors (Lipinski definition) is 1. The number of benzene rings is 2. The van der Waals surface area contributed by atoms with Crippen molar-refractivity contribution in [3.8, 4) is 17.1 Å². The number of phenolic OH excluding ortho intramolecular Hbond substituents is 1.